The molecular formula is C8H17NO. The highest BCUT2D eigenvalue weighted by Gasteiger charge is 2.39. The van der Waals surface area contributed by atoms with E-state index in [1.165, 1.54) is 6.42 Å². The lowest BCUT2D eigenvalue weighted by Crippen LogP contribution is -2.61. The summed E-state index contributed by atoms with van der Waals surface area (Å²) < 4.78 is 5.26. The van der Waals surface area contributed by atoms with E-state index < -0.39 is 0 Å². The summed E-state index contributed by atoms with van der Waals surface area (Å²) in [7, 11) is 2.18. The zero-order valence-corrected chi connectivity index (χ0v) is 7.13. The minimum Gasteiger partial charge on any atom is -0.378 e. The summed E-state index contributed by atoms with van der Waals surface area (Å²) in [5.41, 5.74) is 0. The van der Waals surface area contributed by atoms with Gasteiger partial charge in [-0.2, -0.15) is 0 Å². The highest BCUT2D eigenvalue weighted by Crippen LogP contribution is 2.27. The third-order valence-electron chi connectivity index (χ3n) is 2.32. The van der Waals surface area contributed by atoms with Gasteiger partial charge in [0.05, 0.1) is 13.2 Å². The SMILES string of the molecule is CC.CN1C2COCC1C2. The first kappa shape index (κ1) is 8.02. The van der Waals surface area contributed by atoms with E-state index in [0.29, 0.717) is 0 Å². The predicted molar refractivity (Wildman–Crippen MR) is 42.1 cm³/mol. The Balaban J connectivity index is 0.000000231. The largest absolute Gasteiger partial charge is 0.378 e. The first-order valence-corrected chi connectivity index (χ1v) is 4.17. The molecule has 3 heterocycles. The van der Waals surface area contributed by atoms with E-state index in [2.05, 4.69) is 11.9 Å². The van der Waals surface area contributed by atoms with Gasteiger partial charge in [0, 0.05) is 12.1 Å². The summed E-state index contributed by atoms with van der Waals surface area (Å²) in [6.07, 6.45) is 1.37. The Labute approximate surface area is 63.2 Å². The summed E-state index contributed by atoms with van der Waals surface area (Å²) in [5.74, 6) is 0. The molecule has 0 amide bonds. The van der Waals surface area contributed by atoms with Crippen molar-refractivity contribution in [2.24, 2.45) is 0 Å². The summed E-state index contributed by atoms with van der Waals surface area (Å²) in [6.45, 7) is 5.93. The molecule has 2 nitrogen and oxygen atoms in total. The van der Waals surface area contributed by atoms with Gasteiger partial charge in [0.15, 0.2) is 0 Å². The molecule has 3 saturated heterocycles. The Morgan fingerprint density at radius 3 is 1.90 bits per heavy atom. The maximum absolute atomic E-state index is 5.26. The quantitative estimate of drug-likeness (QED) is 0.504. The monoisotopic (exact) mass is 143 g/mol. The van der Waals surface area contributed by atoms with E-state index in [9.17, 15) is 0 Å². The van der Waals surface area contributed by atoms with Gasteiger partial charge < -0.3 is 4.74 Å². The van der Waals surface area contributed by atoms with Crippen molar-refractivity contribution < 1.29 is 4.74 Å². The molecule has 0 spiro atoms. The lowest BCUT2D eigenvalue weighted by Gasteiger charge is -2.50. The molecule has 10 heavy (non-hydrogen) atoms. The molecular weight excluding hydrogens is 126 g/mol. The van der Waals surface area contributed by atoms with E-state index in [4.69, 9.17) is 4.74 Å². The number of hydrogen-bond donors (Lipinski definition) is 0. The number of ether oxygens (including phenoxy) is 1. The fourth-order valence-corrected chi connectivity index (χ4v) is 1.52. The number of hydrogen-bond acceptors (Lipinski definition) is 2. The molecule has 0 aromatic carbocycles. The average Bonchev–Trinajstić information content (AvgIpc) is 2.08. The van der Waals surface area contributed by atoms with Crippen LogP contribution in [0.1, 0.15) is 20.3 Å². The molecule has 2 bridgehead atoms. The maximum Gasteiger partial charge on any atom is 0.0623 e. The fourth-order valence-electron chi connectivity index (χ4n) is 1.52. The van der Waals surface area contributed by atoms with Crippen molar-refractivity contribution in [2.75, 3.05) is 20.3 Å². The normalized spacial score (nSPS) is 37.5. The van der Waals surface area contributed by atoms with Crippen LogP contribution in [-0.2, 0) is 4.74 Å². The molecule has 3 aliphatic rings. The Hall–Kier alpha value is -0.0800. The smallest absolute Gasteiger partial charge is 0.0623 e. The number of nitrogens with zero attached hydrogens (tertiary/aromatic N) is 1. The number of rotatable bonds is 0. The van der Waals surface area contributed by atoms with Crippen LogP contribution in [0.2, 0.25) is 0 Å². The number of likely N-dealkylation sites (N-methyl/N-ethyl adjacent to an activating group) is 1. The Morgan fingerprint density at radius 2 is 1.70 bits per heavy atom. The lowest BCUT2D eigenvalue weighted by atomic mass is 9.93. The van der Waals surface area contributed by atoms with E-state index in [1.54, 1.807) is 0 Å². The Morgan fingerprint density at radius 1 is 1.20 bits per heavy atom. The van der Waals surface area contributed by atoms with Gasteiger partial charge in [0.1, 0.15) is 0 Å². The van der Waals surface area contributed by atoms with Crippen molar-refractivity contribution in [3.8, 4) is 0 Å². The Bertz CT molecular complexity index is 91.4. The van der Waals surface area contributed by atoms with Crippen LogP contribution in [0.5, 0.6) is 0 Å². The molecule has 3 rings (SSSR count). The van der Waals surface area contributed by atoms with Crippen LogP contribution in [0.15, 0.2) is 0 Å². The van der Waals surface area contributed by atoms with E-state index in [-0.39, 0.29) is 0 Å². The molecule has 2 heteroatoms. The molecule has 2 atom stereocenters. The van der Waals surface area contributed by atoms with Crippen molar-refractivity contribution in [1.82, 2.24) is 4.90 Å². The van der Waals surface area contributed by atoms with Gasteiger partial charge in [0.25, 0.3) is 0 Å². The second-order valence-corrected chi connectivity index (χ2v) is 2.75. The molecule has 0 N–H and O–H groups in total. The third kappa shape index (κ3) is 1.18. The average molecular weight is 143 g/mol. The Kier molecular flexibility index (Phi) is 2.69. The van der Waals surface area contributed by atoms with Crippen LogP contribution in [0, 0.1) is 0 Å². The van der Waals surface area contributed by atoms with Crippen molar-refractivity contribution >= 4 is 0 Å². The predicted octanol–water partition coefficient (Wildman–Crippen LogP) is 1.12. The number of morpholine rings is 1. The third-order valence-corrected chi connectivity index (χ3v) is 2.32. The first-order chi connectivity index (χ1) is 4.88. The standard InChI is InChI=1S/C6H11NO.C2H6/c1-7-5-2-6(7)4-8-3-5;1-2/h5-6H,2-4H2,1H3;1-2H3. The highest BCUT2D eigenvalue weighted by atomic mass is 16.5. The van der Waals surface area contributed by atoms with Gasteiger partial charge in [-0.25, -0.2) is 0 Å². The first-order valence-electron chi connectivity index (χ1n) is 4.17. The molecule has 0 aromatic heterocycles. The molecule has 3 fully saturated rings. The van der Waals surface area contributed by atoms with E-state index in [1.807, 2.05) is 13.8 Å². The minimum atomic E-state index is 0.758. The van der Waals surface area contributed by atoms with Gasteiger partial charge in [-0.3, -0.25) is 4.90 Å². The van der Waals surface area contributed by atoms with Crippen molar-refractivity contribution in [3.63, 3.8) is 0 Å². The summed E-state index contributed by atoms with van der Waals surface area (Å²) in [5, 5.41) is 0. The van der Waals surface area contributed by atoms with Crippen molar-refractivity contribution in [2.45, 2.75) is 32.4 Å². The van der Waals surface area contributed by atoms with E-state index in [0.717, 1.165) is 25.3 Å². The lowest BCUT2D eigenvalue weighted by molar-refractivity contribution is -0.113. The highest BCUT2D eigenvalue weighted by molar-refractivity contribution is 4.93. The molecule has 2 unspecified atom stereocenters. The van der Waals surface area contributed by atoms with Gasteiger partial charge in [0.2, 0.25) is 0 Å². The van der Waals surface area contributed by atoms with Gasteiger partial charge in [-0.15, -0.1) is 0 Å². The van der Waals surface area contributed by atoms with Crippen LogP contribution in [0.4, 0.5) is 0 Å². The van der Waals surface area contributed by atoms with Crippen molar-refractivity contribution in [1.29, 1.82) is 0 Å². The van der Waals surface area contributed by atoms with Crippen molar-refractivity contribution in [3.05, 3.63) is 0 Å². The van der Waals surface area contributed by atoms with Crippen LogP contribution in [0.3, 0.4) is 0 Å². The van der Waals surface area contributed by atoms with Gasteiger partial charge in [-0.05, 0) is 13.5 Å². The van der Waals surface area contributed by atoms with Gasteiger partial charge >= 0.3 is 0 Å². The molecule has 0 radical (unpaired) electrons. The van der Waals surface area contributed by atoms with Crippen LogP contribution < -0.4 is 0 Å². The topological polar surface area (TPSA) is 12.5 Å². The molecule has 0 aliphatic carbocycles. The van der Waals surface area contributed by atoms with E-state index >= 15 is 0 Å². The molecule has 3 aliphatic heterocycles. The zero-order chi connectivity index (χ0) is 7.56. The van der Waals surface area contributed by atoms with Crippen LogP contribution in [0.25, 0.3) is 0 Å². The maximum atomic E-state index is 5.26. The molecule has 0 saturated carbocycles. The summed E-state index contributed by atoms with van der Waals surface area (Å²) in [4.78, 5) is 2.41. The van der Waals surface area contributed by atoms with Crippen LogP contribution in [-0.4, -0.2) is 37.2 Å². The second-order valence-electron chi connectivity index (χ2n) is 2.75. The van der Waals surface area contributed by atoms with Gasteiger partial charge in [-0.1, -0.05) is 13.8 Å². The summed E-state index contributed by atoms with van der Waals surface area (Å²) >= 11 is 0. The molecule has 0 aromatic rings. The minimum absolute atomic E-state index is 0.758. The fraction of sp³-hybridized carbons (Fsp3) is 1.00. The summed E-state index contributed by atoms with van der Waals surface area (Å²) in [6, 6.07) is 1.52. The number of fused-ring (bicyclic) bond motifs is 2. The zero-order valence-electron chi connectivity index (χ0n) is 7.13. The second kappa shape index (κ2) is 3.35. The van der Waals surface area contributed by atoms with Crippen LogP contribution >= 0.6 is 0 Å². The molecule has 60 valence electrons.